The molecule has 1 aliphatic rings. The Balaban J connectivity index is 2.90. The zero-order chi connectivity index (χ0) is 9.30. The van der Waals surface area contributed by atoms with E-state index in [-0.39, 0.29) is 11.5 Å². The number of aliphatic hydroxyl groups is 1. The van der Waals surface area contributed by atoms with E-state index in [0.29, 0.717) is 0 Å². The molecule has 0 aromatic rings. The van der Waals surface area contributed by atoms with Crippen molar-refractivity contribution in [3.63, 3.8) is 0 Å². The van der Waals surface area contributed by atoms with Crippen molar-refractivity contribution in [1.82, 2.24) is 0 Å². The van der Waals surface area contributed by atoms with Gasteiger partial charge in [-0.1, -0.05) is 19.9 Å². The largest absolute Gasteiger partial charge is 0.387 e. The van der Waals surface area contributed by atoms with Gasteiger partial charge in [-0.15, -0.1) is 0 Å². The van der Waals surface area contributed by atoms with Crippen LogP contribution in [0.1, 0.15) is 13.8 Å². The van der Waals surface area contributed by atoms with Crippen molar-refractivity contribution in [3.05, 3.63) is 11.6 Å². The highest BCUT2D eigenvalue weighted by molar-refractivity contribution is 6.08. The second-order valence-electron chi connectivity index (χ2n) is 2.98. The molecule has 1 rings (SSSR count). The second kappa shape index (κ2) is 3.06. The van der Waals surface area contributed by atoms with Crippen molar-refractivity contribution >= 4 is 11.9 Å². The molecule has 4 nitrogen and oxygen atoms in total. The molecule has 0 aromatic carbocycles. The van der Waals surface area contributed by atoms with Crippen LogP contribution in [0.4, 0.5) is 0 Å². The highest BCUT2D eigenvalue weighted by atomic mass is 16.6. The molecule has 4 heteroatoms. The lowest BCUT2D eigenvalue weighted by atomic mass is 10.1. The van der Waals surface area contributed by atoms with Gasteiger partial charge in [-0.25, -0.2) is 9.59 Å². The minimum absolute atomic E-state index is 0.0509. The summed E-state index contributed by atoms with van der Waals surface area (Å²) < 4.78 is 4.19. The van der Waals surface area contributed by atoms with Crippen LogP contribution in [0.2, 0.25) is 0 Å². The lowest BCUT2D eigenvalue weighted by Crippen LogP contribution is -2.15. The summed E-state index contributed by atoms with van der Waals surface area (Å²) in [5.74, 6) is -1.51. The van der Waals surface area contributed by atoms with Crippen LogP contribution >= 0.6 is 0 Å². The minimum Gasteiger partial charge on any atom is -0.387 e. The summed E-state index contributed by atoms with van der Waals surface area (Å²) in [5.41, 5.74) is 0.0509. The van der Waals surface area contributed by atoms with Gasteiger partial charge < -0.3 is 9.84 Å². The van der Waals surface area contributed by atoms with Gasteiger partial charge in [-0.05, 0) is 5.92 Å². The second-order valence-corrected chi connectivity index (χ2v) is 2.98. The van der Waals surface area contributed by atoms with Gasteiger partial charge in [0, 0.05) is 0 Å². The number of aliphatic hydroxyl groups excluding tert-OH is 1. The predicted molar refractivity (Wildman–Crippen MR) is 40.0 cm³/mol. The topological polar surface area (TPSA) is 63.6 Å². The van der Waals surface area contributed by atoms with Crippen molar-refractivity contribution in [2.75, 3.05) is 0 Å². The van der Waals surface area contributed by atoms with E-state index in [9.17, 15) is 9.59 Å². The number of hydrogen-bond donors (Lipinski definition) is 1. The Morgan fingerprint density at radius 2 is 2.08 bits per heavy atom. The van der Waals surface area contributed by atoms with E-state index in [2.05, 4.69) is 4.74 Å². The predicted octanol–water partition coefficient (Wildman–Crippen LogP) is 0.0131. The molecule has 0 aromatic heterocycles. The van der Waals surface area contributed by atoms with Crippen molar-refractivity contribution in [2.45, 2.75) is 20.0 Å². The Bertz CT molecular complexity index is 252. The molecule has 0 radical (unpaired) electrons. The average Bonchev–Trinajstić information content (AvgIpc) is 2.16. The van der Waals surface area contributed by atoms with Crippen molar-refractivity contribution in [1.29, 1.82) is 0 Å². The van der Waals surface area contributed by atoms with Crippen LogP contribution in [-0.4, -0.2) is 23.1 Å². The van der Waals surface area contributed by atoms with Gasteiger partial charge in [0.25, 0.3) is 0 Å². The van der Waals surface area contributed by atoms with Crippen LogP contribution in [0.25, 0.3) is 0 Å². The van der Waals surface area contributed by atoms with E-state index < -0.39 is 18.0 Å². The monoisotopic (exact) mass is 170 g/mol. The van der Waals surface area contributed by atoms with Gasteiger partial charge >= 0.3 is 11.9 Å². The fraction of sp³-hybridized carbons (Fsp3) is 0.500. The molecule has 0 saturated carbocycles. The van der Waals surface area contributed by atoms with Crippen LogP contribution in [0.3, 0.4) is 0 Å². The molecule has 12 heavy (non-hydrogen) atoms. The molecule has 0 amide bonds. The summed E-state index contributed by atoms with van der Waals surface area (Å²) in [4.78, 5) is 21.5. The van der Waals surface area contributed by atoms with E-state index in [1.807, 2.05) is 13.8 Å². The first-order valence-corrected chi connectivity index (χ1v) is 3.68. The molecule has 0 bridgehead atoms. The number of hydrogen-bond acceptors (Lipinski definition) is 4. The first-order chi connectivity index (χ1) is 5.52. The van der Waals surface area contributed by atoms with Gasteiger partial charge in [-0.2, -0.15) is 0 Å². The quantitative estimate of drug-likeness (QED) is 0.342. The molecular weight excluding hydrogens is 160 g/mol. The molecule has 1 aliphatic heterocycles. The van der Waals surface area contributed by atoms with Gasteiger partial charge in [-0.3, -0.25) is 0 Å². The lowest BCUT2D eigenvalue weighted by Gasteiger charge is -1.98. The highest BCUT2D eigenvalue weighted by Gasteiger charge is 2.37. The third kappa shape index (κ3) is 1.53. The van der Waals surface area contributed by atoms with Crippen LogP contribution < -0.4 is 0 Å². The number of cyclic esters (lactones) is 2. The number of carbonyl (C=O) groups is 2. The first-order valence-electron chi connectivity index (χ1n) is 3.68. The molecule has 0 spiro atoms. The Hall–Kier alpha value is -1.16. The van der Waals surface area contributed by atoms with Crippen LogP contribution in [-0.2, 0) is 14.3 Å². The first kappa shape index (κ1) is 8.93. The van der Waals surface area contributed by atoms with Crippen molar-refractivity contribution in [2.24, 2.45) is 5.92 Å². The van der Waals surface area contributed by atoms with E-state index in [4.69, 9.17) is 5.11 Å². The summed E-state index contributed by atoms with van der Waals surface area (Å²) in [5, 5.41) is 9.11. The number of carbonyl (C=O) groups excluding carboxylic acids is 2. The number of ether oxygens (including phenoxy) is 1. The fourth-order valence-electron chi connectivity index (χ4n) is 0.963. The van der Waals surface area contributed by atoms with Gasteiger partial charge in [0.1, 0.15) is 0 Å². The Labute approximate surface area is 69.8 Å². The molecule has 1 N–H and O–H groups in total. The Morgan fingerprint density at radius 3 is 2.42 bits per heavy atom. The van der Waals surface area contributed by atoms with E-state index in [0.717, 1.165) is 0 Å². The molecule has 66 valence electrons. The Kier molecular flexibility index (Phi) is 2.28. The van der Waals surface area contributed by atoms with Gasteiger partial charge in [0.2, 0.25) is 0 Å². The number of esters is 2. The van der Waals surface area contributed by atoms with Gasteiger partial charge in [0.05, 0.1) is 5.57 Å². The Morgan fingerprint density at radius 1 is 1.50 bits per heavy atom. The van der Waals surface area contributed by atoms with Crippen LogP contribution in [0, 0.1) is 5.92 Å². The normalized spacial score (nSPS) is 27.0. The molecule has 1 atom stereocenters. The number of allylic oxidation sites excluding steroid dienone is 1. The maximum Gasteiger partial charge on any atom is 0.347 e. The maximum absolute atomic E-state index is 10.9. The molecule has 1 heterocycles. The summed E-state index contributed by atoms with van der Waals surface area (Å²) >= 11 is 0. The molecule has 1 fully saturated rings. The number of rotatable bonds is 1. The fourth-order valence-corrected chi connectivity index (χ4v) is 0.963. The standard InChI is InChI=1S/C8H10O4/c1-4(2)3-5-6(9)8(11)12-7(5)10/h3-4,6,9H,1-2H3. The average molecular weight is 170 g/mol. The summed E-state index contributed by atoms with van der Waals surface area (Å²) in [6.45, 7) is 3.69. The summed E-state index contributed by atoms with van der Waals surface area (Å²) in [6, 6.07) is 0. The molecule has 1 unspecified atom stereocenters. The SMILES string of the molecule is CC(C)C=C1C(=O)OC(=O)C1O. The lowest BCUT2D eigenvalue weighted by molar-refractivity contribution is -0.154. The zero-order valence-electron chi connectivity index (χ0n) is 6.90. The minimum atomic E-state index is -1.39. The van der Waals surface area contributed by atoms with E-state index in [1.165, 1.54) is 6.08 Å². The molecular formula is C8H10O4. The molecule has 1 saturated heterocycles. The smallest absolute Gasteiger partial charge is 0.347 e. The zero-order valence-corrected chi connectivity index (χ0v) is 6.90. The van der Waals surface area contributed by atoms with Crippen molar-refractivity contribution < 1.29 is 19.4 Å². The van der Waals surface area contributed by atoms with E-state index >= 15 is 0 Å². The van der Waals surface area contributed by atoms with Crippen LogP contribution in [0.5, 0.6) is 0 Å². The molecule has 0 aliphatic carbocycles. The van der Waals surface area contributed by atoms with Gasteiger partial charge in [0.15, 0.2) is 6.10 Å². The summed E-state index contributed by atoms with van der Waals surface area (Å²) in [6.07, 6.45) is 0.137. The highest BCUT2D eigenvalue weighted by Crippen LogP contribution is 2.17. The third-order valence-corrected chi connectivity index (χ3v) is 1.46. The van der Waals surface area contributed by atoms with Crippen LogP contribution in [0.15, 0.2) is 11.6 Å². The van der Waals surface area contributed by atoms with Crippen molar-refractivity contribution in [3.8, 4) is 0 Å². The maximum atomic E-state index is 10.9. The van der Waals surface area contributed by atoms with E-state index in [1.54, 1.807) is 0 Å². The summed E-state index contributed by atoms with van der Waals surface area (Å²) in [7, 11) is 0. The third-order valence-electron chi connectivity index (χ3n) is 1.46.